The Morgan fingerprint density at radius 2 is 2.05 bits per heavy atom. The Kier molecular flexibility index (Phi) is 5.28. The molecule has 3 heteroatoms. The summed E-state index contributed by atoms with van der Waals surface area (Å²) in [4.78, 5) is 5.40. The minimum Gasteiger partial charge on any atom is -0.382 e. The van der Waals surface area contributed by atoms with Crippen LogP contribution in [0.25, 0.3) is 0 Å². The van der Waals surface area contributed by atoms with Crippen molar-refractivity contribution in [1.29, 1.82) is 0 Å². The van der Waals surface area contributed by atoms with Gasteiger partial charge in [0, 0.05) is 44.9 Å². The predicted octanol–water partition coefficient (Wildman–Crippen LogP) is 2.93. The zero-order valence-electron chi connectivity index (χ0n) is 13.2. The van der Waals surface area contributed by atoms with Gasteiger partial charge in [-0.2, -0.15) is 0 Å². The summed E-state index contributed by atoms with van der Waals surface area (Å²) in [6.07, 6.45) is 3.90. The van der Waals surface area contributed by atoms with Crippen LogP contribution in [0.5, 0.6) is 0 Å². The van der Waals surface area contributed by atoms with Crippen LogP contribution in [0, 0.1) is 0 Å². The lowest BCUT2D eigenvalue weighted by atomic mass is 9.99. The fourth-order valence-electron chi connectivity index (χ4n) is 3.83. The highest BCUT2D eigenvalue weighted by atomic mass is 16.5. The second kappa shape index (κ2) is 7.39. The number of hydrogen-bond acceptors (Lipinski definition) is 3. The van der Waals surface area contributed by atoms with Crippen LogP contribution in [-0.4, -0.2) is 55.2 Å². The van der Waals surface area contributed by atoms with Gasteiger partial charge in [-0.25, -0.2) is 0 Å². The summed E-state index contributed by atoms with van der Waals surface area (Å²) < 4.78 is 5.52. The molecule has 0 radical (unpaired) electrons. The monoisotopic (exact) mass is 288 g/mol. The van der Waals surface area contributed by atoms with E-state index >= 15 is 0 Å². The second-order valence-corrected chi connectivity index (χ2v) is 6.26. The Hall–Kier alpha value is -0.900. The quantitative estimate of drug-likeness (QED) is 0.749. The van der Waals surface area contributed by atoms with E-state index in [4.69, 9.17) is 4.74 Å². The normalized spacial score (nSPS) is 26.9. The molecule has 1 aromatic rings. The van der Waals surface area contributed by atoms with Gasteiger partial charge in [0.05, 0.1) is 0 Å². The van der Waals surface area contributed by atoms with Crippen LogP contribution in [0.2, 0.25) is 0 Å². The number of nitrogens with zero attached hydrogens (tertiary/aromatic N) is 2. The maximum Gasteiger partial charge on any atom is 0.0478 e. The number of ether oxygens (including phenoxy) is 1. The standard InChI is InChI=1S/C18H28N2O/c1-2-21-13-7-12-20-14-17-10-6-11-19(17)15-18(20)16-8-4-3-5-9-16/h3-5,8-9,17-18H,2,6-7,10-15H2,1H3. The van der Waals surface area contributed by atoms with Crippen molar-refractivity contribution in [2.75, 3.05) is 39.4 Å². The molecule has 2 aliphatic rings. The Labute approximate surface area is 128 Å². The van der Waals surface area contributed by atoms with Crippen molar-refractivity contribution in [3.63, 3.8) is 0 Å². The third-order valence-corrected chi connectivity index (χ3v) is 4.92. The summed E-state index contributed by atoms with van der Waals surface area (Å²) in [7, 11) is 0. The highest BCUT2D eigenvalue weighted by Crippen LogP contribution is 2.32. The van der Waals surface area contributed by atoms with Crippen molar-refractivity contribution >= 4 is 0 Å². The zero-order chi connectivity index (χ0) is 14.5. The van der Waals surface area contributed by atoms with Gasteiger partial charge in [0.25, 0.3) is 0 Å². The number of rotatable bonds is 6. The van der Waals surface area contributed by atoms with Crippen LogP contribution in [0.4, 0.5) is 0 Å². The van der Waals surface area contributed by atoms with E-state index in [1.165, 1.54) is 38.0 Å². The van der Waals surface area contributed by atoms with Crippen molar-refractivity contribution in [1.82, 2.24) is 9.80 Å². The molecule has 1 aromatic carbocycles. The molecule has 0 saturated carbocycles. The van der Waals surface area contributed by atoms with Crippen molar-refractivity contribution in [2.24, 2.45) is 0 Å². The molecule has 21 heavy (non-hydrogen) atoms. The first-order valence-electron chi connectivity index (χ1n) is 8.49. The molecule has 0 amide bonds. The smallest absolute Gasteiger partial charge is 0.0478 e. The Balaban J connectivity index is 1.67. The van der Waals surface area contributed by atoms with Gasteiger partial charge in [-0.15, -0.1) is 0 Å². The second-order valence-electron chi connectivity index (χ2n) is 6.26. The Morgan fingerprint density at radius 1 is 1.19 bits per heavy atom. The molecule has 116 valence electrons. The van der Waals surface area contributed by atoms with Crippen molar-refractivity contribution in [3.05, 3.63) is 35.9 Å². The average Bonchev–Trinajstić information content (AvgIpc) is 2.99. The lowest BCUT2D eigenvalue weighted by molar-refractivity contribution is 0.0413. The molecular weight excluding hydrogens is 260 g/mol. The Bertz CT molecular complexity index is 422. The van der Waals surface area contributed by atoms with Gasteiger partial charge < -0.3 is 4.74 Å². The minimum absolute atomic E-state index is 0.558. The summed E-state index contributed by atoms with van der Waals surface area (Å²) >= 11 is 0. The molecule has 2 aliphatic heterocycles. The number of fused-ring (bicyclic) bond motifs is 1. The largest absolute Gasteiger partial charge is 0.382 e. The van der Waals surface area contributed by atoms with Crippen LogP contribution >= 0.6 is 0 Å². The summed E-state index contributed by atoms with van der Waals surface area (Å²) in [5, 5.41) is 0. The van der Waals surface area contributed by atoms with E-state index in [1.807, 2.05) is 0 Å². The molecule has 2 fully saturated rings. The molecule has 3 rings (SSSR count). The lowest BCUT2D eigenvalue weighted by Crippen LogP contribution is -2.52. The van der Waals surface area contributed by atoms with E-state index in [-0.39, 0.29) is 0 Å². The zero-order valence-corrected chi connectivity index (χ0v) is 13.2. The van der Waals surface area contributed by atoms with Crippen LogP contribution < -0.4 is 0 Å². The predicted molar refractivity (Wildman–Crippen MR) is 86.5 cm³/mol. The van der Waals surface area contributed by atoms with Crippen molar-refractivity contribution in [2.45, 2.75) is 38.3 Å². The lowest BCUT2D eigenvalue weighted by Gasteiger charge is -2.44. The van der Waals surface area contributed by atoms with Gasteiger partial charge >= 0.3 is 0 Å². The van der Waals surface area contributed by atoms with Crippen LogP contribution in [0.15, 0.2) is 30.3 Å². The van der Waals surface area contributed by atoms with E-state index in [0.29, 0.717) is 6.04 Å². The minimum atomic E-state index is 0.558. The number of benzene rings is 1. The molecule has 2 heterocycles. The molecule has 3 nitrogen and oxygen atoms in total. The van der Waals surface area contributed by atoms with Crippen LogP contribution in [0.1, 0.15) is 37.8 Å². The summed E-state index contributed by atoms with van der Waals surface area (Å²) in [6.45, 7) is 8.67. The van der Waals surface area contributed by atoms with E-state index in [0.717, 1.165) is 32.2 Å². The van der Waals surface area contributed by atoms with Gasteiger partial charge in [-0.05, 0) is 38.3 Å². The molecule has 0 N–H and O–H groups in total. The first kappa shape index (κ1) is 15.0. The molecule has 0 spiro atoms. The molecule has 2 unspecified atom stereocenters. The number of piperazine rings is 1. The molecule has 2 atom stereocenters. The SMILES string of the molecule is CCOCCCN1CC2CCCN2CC1c1ccccc1. The molecule has 0 bridgehead atoms. The molecule has 0 aliphatic carbocycles. The van der Waals surface area contributed by atoms with Gasteiger partial charge in [-0.1, -0.05) is 30.3 Å². The van der Waals surface area contributed by atoms with Gasteiger partial charge in [0.2, 0.25) is 0 Å². The van der Waals surface area contributed by atoms with E-state index < -0.39 is 0 Å². The highest BCUT2D eigenvalue weighted by molar-refractivity contribution is 5.20. The summed E-state index contributed by atoms with van der Waals surface area (Å²) in [5.74, 6) is 0. The van der Waals surface area contributed by atoms with Gasteiger partial charge in [0.15, 0.2) is 0 Å². The van der Waals surface area contributed by atoms with E-state index in [1.54, 1.807) is 0 Å². The fraction of sp³-hybridized carbons (Fsp3) is 0.667. The summed E-state index contributed by atoms with van der Waals surface area (Å²) in [6, 6.07) is 12.4. The fourth-order valence-corrected chi connectivity index (χ4v) is 3.83. The highest BCUT2D eigenvalue weighted by Gasteiger charge is 2.36. The van der Waals surface area contributed by atoms with Crippen molar-refractivity contribution in [3.8, 4) is 0 Å². The molecule has 2 saturated heterocycles. The van der Waals surface area contributed by atoms with Crippen LogP contribution in [0.3, 0.4) is 0 Å². The third kappa shape index (κ3) is 3.65. The van der Waals surface area contributed by atoms with Gasteiger partial charge in [0.1, 0.15) is 0 Å². The molecule has 0 aromatic heterocycles. The topological polar surface area (TPSA) is 15.7 Å². The first-order valence-corrected chi connectivity index (χ1v) is 8.49. The third-order valence-electron chi connectivity index (χ3n) is 4.92. The van der Waals surface area contributed by atoms with E-state index in [9.17, 15) is 0 Å². The maximum atomic E-state index is 5.52. The maximum absolute atomic E-state index is 5.52. The van der Waals surface area contributed by atoms with Gasteiger partial charge in [-0.3, -0.25) is 9.80 Å². The first-order chi connectivity index (χ1) is 10.4. The number of hydrogen-bond donors (Lipinski definition) is 0. The Morgan fingerprint density at radius 3 is 2.86 bits per heavy atom. The average molecular weight is 288 g/mol. The van der Waals surface area contributed by atoms with E-state index in [2.05, 4.69) is 47.1 Å². The summed E-state index contributed by atoms with van der Waals surface area (Å²) in [5.41, 5.74) is 1.47. The van der Waals surface area contributed by atoms with Crippen molar-refractivity contribution < 1.29 is 4.74 Å². The van der Waals surface area contributed by atoms with Crippen LogP contribution in [-0.2, 0) is 4.74 Å². The molecular formula is C18H28N2O.